The van der Waals surface area contributed by atoms with Crippen molar-refractivity contribution in [1.82, 2.24) is 0 Å². The summed E-state index contributed by atoms with van der Waals surface area (Å²) in [5.74, 6) is 0. The molecule has 98 valence electrons. The molecule has 0 unspecified atom stereocenters. The minimum atomic E-state index is -3.14. The molecule has 0 fully saturated rings. The highest BCUT2D eigenvalue weighted by atomic mass is 32.2. The van der Waals surface area contributed by atoms with Gasteiger partial charge in [0.05, 0.1) is 11.4 Å². The van der Waals surface area contributed by atoms with Gasteiger partial charge in [-0.1, -0.05) is 41.5 Å². The van der Waals surface area contributed by atoms with Crippen LogP contribution in [0, 0.1) is 10.8 Å². The van der Waals surface area contributed by atoms with Crippen LogP contribution in [0.3, 0.4) is 0 Å². The molecule has 0 aliphatic heterocycles. The average Bonchev–Trinajstić information content (AvgIpc) is 1.91. The van der Waals surface area contributed by atoms with Gasteiger partial charge in [-0.05, 0) is 10.8 Å². The molecule has 0 saturated carbocycles. The molecule has 0 aliphatic rings. The smallest absolute Gasteiger partial charge is 0.153 e. The van der Waals surface area contributed by atoms with Gasteiger partial charge in [-0.15, -0.1) is 0 Å². The Morgan fingerprint density at radius 3 is 1.38 bits per heavy atom. The van der Waals surface area contributed by atoms with E-state index in [4.69, 9.17) is 4.74 Å². The van der Waals surface area contributed by atoms with Crippen LogP contribution in [-0.2, 0) is 14.6 Å². The molecule has 0 amide bonds. The minimum absolute atomic E-state index is 0.199. The van der Waals surface area contributed by atoms with E-state index in [-0.39, 0.29) is 16.9 Å². The Balaban J connectivity index is 5.53. The van der Waals surface area contributed by atoms with Crippen molar-refractivity contribution >= 4 is 9.84 Å². The zero-order valence-electron chi connectivity index (χ0n) is 11.8. The molecule has 0 rings (SSSR count). The summed E-state index contributed by atoms with van der Waals surface area (Å²) in [4.78, 5) is 0. The van der Waals surface area contributed by atoms with Crippen molar-refractivity contribution in [1.29, 1.82) is 0 Å². The quantitative estimate of drug-likeness (QED) is 0.773. The van der Waals surface area contributed by atoms with E-state index < -0.39 is 15.1 Å². The largest absolute Gasteiger partial charge is 0.380 e. The maximum atomic E-state index is 11.9. The highest BCUT2D eigenvalue weighted by Gasteiger charge is 2.45. The molecule has 0 saturated heterocycles. The molecule has 0 heterocycles. The van der Waals surface area contributed by atoms with Crippen molar-refractivity contribution in [3.8, 4) is 0 Å². The van der Waals surface area contributed by atoms with Crippen LogP contribution in [-0.4, -0.2) is 33.1 Å². The third kappa shape index (κ3) is 4.06. The van der Waals surface area contributed by atoms with E-state index in [0.29, 0.717) is 0 Å². The predicted octanol–water partition coefficient (Wildman–Crippen LogP) is 2.51. The molecule has 0 bridgehead atoms. The summed E-state index contributed by atoms with van der Waals surface area (Å²) < 4.78 is 29.3. The fourth-order valence-corrected chi connectivity index (χ4v) is 4.50. The first-order valence-corrected chi connectivity index (χ1v) is 7.49. The van der Waals surface area contributed by atoms with E-state index in [0.717, 1.165) is 0 Å². The van der Waals surface area contributed by atoms with Crippen molar-refractivity contribution in [3.05, 3.63) is 0 Å². The van der Waals surface area contributed by atoms with Crippen LogP contribution in [0.15, 0.2) is 0 Å². The molecular formula is C12H26O3S. The fraction of sp³-hybridized carbons (Fsp3) is 1.00. The molecule has 0 aromatic heterocycles. The first-order valence-electron chi connectivity index (χ1n) is 5.53. The van der Waals surface area contributed by atoms with Gasteiger partial charge in [-0.2, -0.15) is 0 Å². The van der Waals surface area contributed by atoms with Crippen LogP contribution in [0.2, 0.25) is 0 Å². The lowest BCUT2D eigenvalue weighted by atomic mass is 9.78. The third-order valence-corrected chi connectivity index (χ3v) is 4.57. The van der Waals surface area contributed by atoms with Crippen LogP contribution in [0.5, 0.6) is 0 Å². The summed E-state index contributed by atoms with van der Waals surface area (Å²) in [6.07, 6.45) is 0.989. The zero-order valence-corrected chi connectivity index (χ0v) is 12.6. The van der Waals surface area contributed by atoms with Gasteiger partial charge < -0.3 is 4.74 Å². The lowest BCUT2D eigenvalue weighted by Gasteiger charge is -2.41. The van der Waals surface area contributed by atoms with E-state index in [1.165, 1.54) is 6.26 Å². The van der Waals surface area contributed by atoms with Gasteiger partial charge in [0.1, 0.15) is 0 Å². The summed E-state index contributed by atoms with van der Waals surface area (Å²) >= 11 is 0. The van der Waals surface area contributed by atoms with Crippen molar-refractivity contribution < 1.29 is 13.2 Å². The van der Waals surface area contributed by atoms with Gasteiger partial charge in [0, 0.05) is 13.4 Å². The van der Waals surface area contributed by atoms with Gasteiger partial charge in [0.15, 0.2) is 9.84 Å². The van der Waals surface area contributed by atoms with Gasteiger partial charge in [0.25, 0.3) is 0 Å². The van der Waals surface area contributed by atoms with E-state index >= 15 is 0 Å². The van der Waals surface area contributed by atoms with E-state index in [1.807, 2.05) is 41.5 Å². The maximum Gasteiger partial charge on any atom is 0.153 e. The fourth-order valence-electron chi connectivity index (χ4n) is 2.25. The van der Waals surface area contributed by atoms with Gasteiger partial charge >= 0.3 is 0 Å². The highest BCUT2D eigenvalue weighted by molar-refractivity contribution is 7.91. The monoisotopic (exact) mass is 250 g/mol. The van der Waals surface area contributed by atoms with Crippen LogP contribution in [0.4, 0.5) is 0 Å². The van der Waals surface area contributed by atoms with Crippen molar-refractivity contribution in [2.45, 2.75) is 52.9 Å². The average molecular weight is 250 g/mol. The highest BCUT2D eigenvalue weighted by Crippen LogP contribution is 2.37. The molecule has 0 aliphatic carbocycles. The molecule has 0 aromatic carbocycles. The first kappa shape index (κ1) is 15.9. The molecule has 16 heavy (non-hydrogen) atoms. The van der Waals surface area contributed by atoms with Crippen LogP contribution in [0.1, 0.15) is 41.5 Å². The summed E-state index contributed by atoms with van der Waals surface area (Å²) in [5, 5.41) is -0.495. The van der Waals surface area contributed by atoms with Crippen LogP contribution in [0.25, 0.3) is 0 Å². The SMILES string of the molecule is CO[C@@H]([C@@H](C(C)(C)C)S(C)(=O)=O)C(C)(C)C. The van der Waals surface area contributed by atoms with Gasteiger partial charge in [-0.3, -0.25) is 0 Å². The van der Waals surface area contributed by atoms with E-state index in [1.54, 1.807) is 7.11 Å². The number of hydrogen-bond acceptors (Lipinski definition) is 3. The van der Waals surface area contributed by atoms with Crippen molar-refractivity contribution in [2.24, 2.45) is 10.8 Å². The molecular weight excluding hydrogens is 224 g/mol. The second-order valence-electron chi connectivity index (χ2n) is 6.64. The molecule has 0 radical (unpaired) electrons. The molecule has 0 N–H and O–H groups in total. The third-order valence-electron chi connectivity index (χ3n) is 2.70. The standard InChI is InChI=1S/C12H26O3S/c1-11(2,3)9(15-7)10(12(4,5)6)16(8,13)14/h9-10H,1-8H3/t9-,10-/m0/s1. The number of hydrogen-bond donors (Lipinski definition) is 0. The number of sulfone groups is 1. The second kappa shape index (κ2) is 4.65. The number of rotatable bonds is 3. The van der Waals surface area contributed by atoms with Crippen LogP contribution >= 0.6 is 0 Å². The molecule has 3 nitrogen and oxygen atoms in total. The first-order chi connectivity index (χ1) is 6.81. The Kier molecular flexibility index (Phi) is 4.62. The van der Waals surface area contributed by atoms with E-state index in [2.05, 4.69) is 0 Å². The molecule has 2 atom stereocenters. The Hall–Kier alpha value is -0.0900. The summed E-state index contributed by atoms with van der Waals surface area (Å²) in [5.41, 5.74) is -0.530. The lowest BCUT2D eigenvalue weighted by molar-refractivity contribution is -0.00676. The Bertz CT molecular complexity index is 317. The second-order valence-corrected chi connectivity index (χ2v) is 8.81. The van der Waals surface area contributed by atoms with Crippen molar-refractivity contribution in [2.75, 3.05) is 13.4 Å². The normalized spacial score (nSPS) is 18.2. The van der Waals surface area contributed by atoms with Crippen LogP contribution < -0.4 is 0 Å². The summed E-state index contributed by atoms with van der Waals surface area (Å²) in [7, 11) is -1.56. The minimum Gasteiger partial charge on any atom is -0.380 e. The summed E-state index contributed by atoms with van der Waals surface area (Å²) in [6, 6.07) is 0. The molecule has 0 spiro atoms. The van der Waals surface area contributed by atoms with Gasteiger partial charge in [0.2, 0.25) is 0 Å². The molecule has 4 heteroatoms. The topological polar surface area (TPSA) is 43.4 Å². The van der Waals surface area contributed by atoms with Crippen molar-refractivity contribution in [3.63, 3.8) is 0 Å². The molecule has 0 aromatic rings. The number of methoxy groups -OCH3 is 1. The number of ether oxygens (including phenoxy) is 1. The summed E-state index contributed by atoms with van der Waals surface area (Å²) in [6.45, 7) is 11.8. The Morgan fingerprint density at radius 1 is 0.938 bits per heavy atom. The Labute approximate surface area is 100 Å². The maximum absolute atomic E-state index is 11.9. The Morgan fingerprint density at radius 2 is 1.31 bits per heavy atom. The zero-order chi connectivity index (χ0) is 13.4. The van der Waals surface area contributed by atoms with Gasteiger partial charge in [-0.25, -0.2) is 8.42 Å². The lowest BCUT2D eigenvalue weighted by Crippen LogP contribution is -2.50. The predicted molar refractivity (Wildman–Crippen MR) is 68.3 cm³/mol. The van der Waals surface area contributed by atoms with E-state index in [9.17, 15) is 8.42 Å².